The van der Waals surface area contributed by atoms with Crippen LogP contribution in [0.15, 0.2) is 91.0 Å². The zero-order valence-corrected chi connectivity index (χ0v) is 26.0. The lowest BCUT2D eigenvalue weighted by Crippen LogP contribution is -2.44. The van der Waals surface area contributed by atoms with Crippen LogP contribution in [-0.4, -0.2) is 63.9 Å². The van der Waals surface area contributed by atoms with Crippen LogP contribution in [0.5, 0.6) is 5.75 Å². The molecule has 0 unspecified atom stereocenters. The van der Waals surface area contributed by atoms with Gasteiger partial charge in [-0.25, -0.2) is 4.79 Å². The first-order valence-electron chi connectivity index (χ1n) is 15.1. The number of likely N-dealkylation sites (tertiary alicyclic amines) is 1. The van der Waals surface area contributed by atoms with Crippen LogP contribution in [-0.2, 0) is 22.7 Å². The molecule has 1 aliphatic rings. The summed E-state index contributed by atoms with van der Waals surface area (Å²) in [6.45, 7) is 1.84. The molecule has 1 saturated heterocycles. The predicted octanol–water partition coefficient (Wildman–Crippen LogP) is 6.78. The van der Waals surface area contributed by atoms with E-state index in [0.717, 1.165) is 65.0 Å². The highest BCUT2D eigenvalue weighted by Gasteiger charge is 2.27. The lowest BCUT2D eigenvalue weighted by molar-refractivity contribution is -0.140. The van der Waals surface area contributed by atoms with Crippen molar-refractivity contribution in [2.24, 2.45) is 0 Å². The number of aromatic nitrogens is 1. The summed E-state index contributed by atoms with van der Waals surface area (Å²) in [5, 5.41) is 9.87. The topological polar surface area (TPSA) is 92.1 Å². The molecule has 45 heavy (non-hydrogen) atoms. The normalized spacial score (nSPS) is 13.1. The van der Waals surface area contributed by atoms with Gasteiger partial charge in [0.15, 0.2) is 0 Å². The van der Waals surface area contributed by atoms with Crippen LogP contribution in [0.1, 0.15) is 34.5 Å². The lowest BCUT2D eigenvalue weighted by atomic mass is 10.0. The number of amides is 2. The number of nitrogens with zero attached hydrogens (tertiary/aromatic N) is 3. The van der Waals surface area contributed by atoms with Crippen LogP contribution < -0.4 is 4.74 Å². The molecule has 0 saturated carbocycles. The third kappa shape index (κ3) is 6.63. The third-order valence-electron chi connectivity index (χ3n) is 8.19. The van der Waals surface area contributed by atoms with Crippen molar-refractivity contribution < 1.29 is 24.2 Å². The molecule has 230 valence electrons. The summed E-state index contributed by atoms with van der Waals surface area (Å²) >= 11 is 1.20. The van der Waals surface area contributed by atoms with Crippen LogP contribution in [0.4, 0.5) is 0 Å². The van der Waals surface area contributed by atoms with Crippen molar-refractivity contribution in [1.29, 1.82) is 0 Å². The van der Waals surface area contributed by atoms with Gasteiger partial charge in [-0.1, -0.05) is 60.7 Å². The van der Waals surface area contributed by atoms with Crippen molar-refractivity contribution in [3.05, 3.63) is 101 Å². The average Bonchev–Trinajstić information content (AvgIpc) is 3.63. The number of thiophene rings is 1. The molecule has 2 amide bonds. The van der Waals surface area contributed by atoms with Crippen molar-refractivity contribution in [1.82, 2.24) is 14.4 Å². The van der Waals surface area contributed by atoms with Gasteiger partial charge < -0.3 is 24.2 Å². The highest BCUT2D eigenvalue weighted by atomic mass is 32.1. The van der Waals surface area contributed by atoms with Gasteiger partial charge >= 0.3 is 5.97 Å². The summed E-state index contributed by atoms with van der Waals surface area (Å²) in [4.78, 5) is 42.2. The van der Waals surface area contributed by atoms with E-state index in [0.29, 0.717) is 17.9 Å². The first-order chi connectivity index (χ1) is 21.9. The summed E-state index contributed by atoms with van der Waals surface area (Å²) in [5.74, 6) is -0.588. The highest BCUT2D eigenvalue weighted by molar-refractivity contribution is 7.21. The van der Waals surface area contributed by atoms with E-state index < -0.39 is 5.97 Å². The molecular formula is C36H35N3O5S. The number of carboxylic acid groups (broad SMARTS) is 1. The molecule has 1 N–H and O–H groups in total. The first kappa shape index (κ1) is 30.1. The average molecular weight is 622 g/mol. The van der Waals surface area contributed by atoms with Crippen LogP contribution in [0.2, 0.25) is 0 Å². The molecule has 3 heterocycles. The summed E-state index contributed by atoms with van der Waals surface area (Å²) in [7, 11) is 1.65. The molecule has 1 aliphatic heterocycles. The number of benzene rings is 3. The molecule has 3 aromatic carbocycles. The molecule has 0 atom stereocenters. The van der Waals surface area contributed by atoms with Crippen LogP contribution >= 0.6 is 11.3 Å². The number of carbonyl (C=O) groups is 3. The molecule has 0 spiro atoms. The van der Waals surface area contributed by atoms with E-state index in [4.69, 9.17) is 4.74 Å². The van der Waals surface area contributed by atoms with Crippen molar-refractivity contribution in [2.45, 2.75) is 32.4 Å². The van der Waals surface area contributed by atoms with Gasteiger partial charge in [-0.05, 0) is 66.3 Å². The maximum Gasteiger partial charge on any atom is 0.345 e. The quantitative estimate of drug-likeness (QED) is 0.186. The Labute approximate surface area is 266 Å². The Hall–Kier alpha value is -4.89. The highest BCUT2D eigenvalue weighted by Crippen LogP contribution is 2.45. The molecule has 8 nitrogen and oxygen atoms in total. The Balaban J connectivity index is 1.37. The second-order valence-corrected chi connectivity index (χ2v) is 12.3. The fourth-order valence-corrected chi connectivity index (χ4v) is 6.87. The predicted molar refractivity (Wildman–Crippen MR) is 176 cm³/mol. The molecule has 0 radical (unpaired) electrons. The minimum Gasteiger partial charge on any atom is -0.489 e. The number of fused-ring (bicyclic) bond motifs is 1. The third-order valence-corrected chi connectivity index (χ3v) is 9.32. The molecular weight excluding hydrogens is 586 g/mol. The molecule has 9 heteroatoms. The van der Waals surface area contributed by atoms with Gasteiger partial charge in [0.1, 0.15) is 23.8 Å². The monoisotopic (exact) mass is 621 g/mol. The van der Waals surface area contributed by atoms with Crippen molar-refractivity contribution in [3.8, 4) is 28.1 Å². The number of likely N-dealkylation sites (N-methyl/N-ethyl adjacent to an activating group) is 1. The summed E-state index contributed by atoms with van der Waals surface area (Å²) in [6, 6.07) is 29.1. The Morgan fingerprint density at radius 2 is 1.53 bits per heavy atom. The molecule has 5 aromatic rings. The van der Waals surface area contributed by atoms with E-state index in [1.165, 1.54) is 16.2 Å². The molecule has 0 bridgehead atoms. The van der Waals surface area contributed by atoms with Gasteiger partial charge in [0.05, 0.1) is 22.5 Å². The molecule has 6 rings (SSSR count). The number of hydrogen-bond donors (Lipinski definition) is 1. The fourth-order valence-electron chi connectivity index (χ4n) is 5.81. The van der Waals surface area contributed by atoms with E-state index in [-0.39, 0.29) is 29.8 Å². The zero-order chi connectivity index (χ0) is 31.3. The van der Waals surface area contributed by atoms with Crippen molar-refractivity contribution >= 4 is 39.3 Å². The van der Waals surface area contributed by atoms with E-state index in [1.807, 2.05) is 94.4 Å². The van der Waals surface area contributed by atoms with Gasteiger partial charge in [0, 0.05) is 25.7 Å². The van der Waals surface area contributed by atoms with E-state index >= 15 is 0 Å². The first-order valence-corrected chi connectivity index (χ1v) is 15.9. The van der Waals surface area contributed by atoms with Gasteiger partial charge in [-0.15, -0.1) is 11.3 Å². The van der Waals surface area contributed by atoms with Gasteiger partial charge in [0.25, 0.3) is 0 Å². The SMILES string of the molecule is CN(CC(=O)N1CCCCC1)C(=O)Cn1c(-c2ccc(OCc3ccccc3)cc2)c(-c2ccccc2)c2sc(C(=O)O)cc21. The summed E-state index contributed by atoms with van der Waals surface area (Å²) in [5.41, 5.74) is 5.18. The summed E-state index contributed by atoms with van der Waals surface area (Å²) < 4.78 is 8.71. The summed E-state index contributed by atoms with van der Waals surface area (Å²) in [6.07, 6.45) is 3.08. The minimum absolute atomic E-state index is 0.00157. The Bertz CT molecular complexity index is 1810. The van der Waals surface area contributed by atoms with E-state index in [1.54, 1.807) is 13.1 Å². The maximum atomic E-state index is 13.7. The lowest BCUT2D eigenvalue weighted by Gasteiger charge is -2.29. The number of carboxylic acids is 1. The van der Waals surface area contributed by atoms with Crippen molar-refractivity contribution in [3.63, 3.8) is 0 Å². The van der Waals surface area contributed by atoms with Crippen LogP contribution in [0.3, 0.4) is 0 Å². The zero-order valence-electron chi connectivity index (χ0n) is 25.1. The van der Waals surface area contributed by atoms with Crippen LogP contribution in [0, 0.1) is 0 Å². The number of carbonyl (C=O) groups excluding carboxylic acids is 2. The smallest absolute Gasteiger partial charge is 0.345 e. The van der Waals surface area contributed by atoms with E-state index in [9.17, 15) is 19.5 Å². The maximum absolute atomic E-state index is 13.7. The molecule has 2 aromatic heterocycles. The van der Waals surface area contributed by atoms with Gasteiger partial charge in [0.2, 0.25) is 11.8 Å². The Morgan fingerprint density at radius 3 is 2.20 bits per heavy atom. The Morgan fingerprint density at radius 1 is 0.867 bits per heavy atom. The van der Waals surface area contributed by atoms with Gasteiger partial charge in [-0.3, -0.25) is 9.59 Å². The van der Waals surface area contributed by atoms with E-state index in [2.05, 4.69) is 0 Å². The standard InChI is InChI=1S/C36H35N3O5S/c1-37(22-32(41)38-19-9-4-10-20-38)31(40)23-39-29-21-30(36(42)43)45-35(29)33(26-13-7-3-8-14-26)34(39)27-15-17-28(18-16-27)44-24-25-11-5-2-6-12-25/h2-3,5-8,11-18,21H,4,9-10,19-20,22-24H2,1H3,(H,42,43). The van der Waals surface area contributed by atoms with Crippen LogP contribution in [0.25, 0.3) is 32.6 Å². The van der Waals surface area contributed by atoms with Crippen molar-refractivity contribution in [2.75, 3.05) is 26.7 Å². The van der Waals surface area contributed by atoms with Gasteiger partial charge in [-0.2, -0.15) is 0 Å². The fraction of sp³-hybridized carbons (Fsp3) is 0.250. The number of aromatic carboxylic acids is 1. The molecule has 1 fully saturated rings. The largest absolute Gasteiger partial charge is 0.489 e. The molecule has 0 aliphatic carbocycles. The number of ether oxygens (including phenoxy) is 1. The number of piperidine rings is 1. The second-order valence-electron chi connectivity index (χ2n) is 11.3. The Kier molecular flexibility index (Phi) is 8.98. The number of rotatable bonds is 10. The minimum atomic E-state index is -1.01. The second kappa shape index (κ2) is 13.4. The number of hydrogen-bond acceptors (Lipinski definition) is 5.